The Morgan fingerprint density at radius 3 is 2.36 bits per heavy atom. The van der Waals surface area contributed by atoms with Gasteiger partial charge in [0.15, 0.2) is 5.76 Å². The molecule has 4 rings (SSSR count). The summed E-state index contributed by atoms with van der Waals surface area (Å²) in [5, 5.41) is 2.88. The second kappa shape index (κ2) is 6.54. The van der Waals surface area contributed by atoms with Crippen molar-refractivity contribution in [1.29, 1.82) is 0 Å². The van der Waals surface area contributed by atoms with E-state index in [1.165, 1.54) is 12.1 Å². The van der Waals surface area contributed by atoms with Crippen LogP contribution in [-0.2, 0) is 0 Å². The average molecular weight is 415 g/mol. The smallest absolute Gasteiger partial charge is 0.227 e. The number of nitrogens with zero attached hydrogens (tertiary/aromatic N) is 2. The highest BCUT2D eigenvalue weighted by atomic mass is 79.9. The van der Waals surface area contributed by atoms with Gasteiger partial charge in [-0.15, -0.1) is 11.3 Å². The van der Waals surface area contributed by atoms with E-state index < -0.39 is 0 Å². The number of aryl methyl sites for hydroxylation is 1. The van der Waals surface area contributed by atoms with Crippen LogP contribution in [0.1, 0.15) is 5.69 Å². The van der Waals surface area contributed by atoms with Crippen molar-refractivity contribution in [2.45, 2.75) is 6.92 Å². The van der Waals surface area contributed by atoms with Gasteiger partial charge in [0.25, 0.3) is 0 Å². The summed E-state index contributed by atoms with van der Waals surface area (Å²) in [5.41, 5.74) is 3.29. The van der Waals surface area contributed by atoms with Gasteiger partial charge in [0.2, 0.25) is 5.89 Å². The van der Waals surface area contributed by atoms with Crippen molar-refractivity contribution in [2.24, 2.45) is 0 Å². The lowest BCUT2D eigenvalue weighted by Gasteiger charge is -1.96. The predicted octanol–water partition coefficient (Wildman–Crippen LogP) is 6.34. The van der Waals surface area contributed by atoms with E-state index in [0.717, 1.165) is 32.0 Å². The summed E-state index contributed by atoms with van der Waals surface area (Å²) in [5.74, 6) is 0.815. The number of rotatable bonds is 3. The number of aromatic nitrogens is 2. The van der Waals surface area contributed by atoms with Crippen molar-refractivity contribution in [1.82, 2.24) is 9.97 Å². The van der Waals surface area contributed by atoms with E-state index in [1.807, 2.05) is 36.6 Å². The van der Waals surface area contributed by atoms with Crippen molar-refractivity contribution in [2.75, 3.05) is 0 Å². The van der Waals surface area contributed by atoms with E-state index in [2.05, 4.69) is 25.9 Å². The molecule has 0 saturated heterocycles. The fourth-order valence-corrected chi connectivity index (χ4v) is 3.52. The standard InChI is InChI=1S/C19H12BrFN2OS/c1-11-17(24-18(22-11)12-4-8-15(21)9-5-12)16-10-25-19(23-16)13-2-6-14(20)7-3-13/h2-10H,1H3. The zero-order valence-corrected chi connectivity index (χ0v) is 15.6. The molecule has 0 bridgehead atoms. The van der Waals surface area contributed by atoms with E-state index in [4.69, 9.17) is 4.42 Å². The maximum atomic E-state index is 13.1. The summed E-state index contributed by atoms with van der Waals surface area (Å²) in [6, 6.07) is 14.1. The molecule has 0 saturated carbocycles. The minimum Gasteiger partial charge on any atom is -0.434 e. The van der Waals surface area contributed by atoms with Gasteiger partial charge >= 0.3 is 0 Å². The Hall–Kier alpha value is -2.31. The van der Waals surface area contributed by atoms with Gasteiger partial charge in [0, 0.05) is 21.0 Å². The molecular formula is C19H12BrFN2OS. The van der Waals surface area contributed by atoms with E-state index in [1.54, 1.807) is 23.5 Å². The Balaban J connectivity index is 1.69. The van der Waals surface area contributed by atoms with Gasteiger partial charge in [-0.1, -0.05) is 28.1 Å². The molecule has 0 aliphatic rings. The summed E-state index contributed by atoms with van der Waals surface area (Å²) in [6.07, 6.45) is 0. The van der Waals surface area contributed by atoms with Gasteiger partial charge in [0.05, 0.1) is 5.69 Å². The molecule has 6 heteroatoms. The predicted molar refractivity (Wildman–Crippen MR) is 101 cm³/mol. The molecule has 25 heavy (non-hydrogen) atoms. The molecule has 0 amide bonds. The maximum Gasteiger partial charge on any atom is 0.227 e. The molecule has 0 spiro atoms. The van der Waals surface area contributed by atoms with Crippen molar-refractivity contribution in [3.8, 4) is 33.5 Å². The molecule has 2 heterocycles. The third-order valence-corrected chi connectivity index (χ3v) is 5.14. The molecule has 0 aliphatic heterocycles. The molecule has 124 valence electrons. The van der Waals surface area contributed by atoms with Crippen LogP contribution >= 0.6 is 27.3 Å². The van der Waals surface area contributed by atoms with Crippen LogP contribution in [0.2, 0.25) is 0 Å². The van der Waals surface area contributed by atoms with Crippen LogP contribution in [0.15, 0.2) is 62.8 Å². The van der Waals surface area contributed by atoms with Crippen LogP contribution in [0, 0.1) is 12.7 Å². The number of thiazole rings is 1. The second-order valence-electron chi connectivity index (χ2n) is 5.49. The van der Waals surface area contributed by atoms with E-state index in [-0.39, 0.29) is 5.82 Å². The quantitative estimate of drug-likeness (QED) is 0.392. The molecule has 0 atom stereocenters. The van der Waals surface area contributed by atoms with E-state index in [9.17, 15) is 4.39 Å². The van der Waals surface area contributed by atoms with E-state index in [0.29, 0.717) is 11.7 Å². The third-order valence-electron chi connectivity index (χ3n) is 3.72. The number of hydrogen-bond acceptors (Lipinski definition) is 4. The maximum absolute atomic E-state index is 13.1. The van der Waals surface area contributed by atoms with Crippen LogP contribution in [0.25, 0.3) is 33.5 Å². The first kappa shape index (κ1) is 16.2. The Labute approximate surface area is 156 Å². The molecular weight excluding hydrogens is 403 g/mol. The van der Waals surface area contributed by atoms with Gasteiger partial charge in [-0.25, -0.2) is 14.4 Å². The lowest BCUT2D eigenvalue weighted by Crippen LogP contribution is -1.80. The summed E-state index contributed by atoms with van der Waals surface area (Å²) >= 11 is 4.99. The van der Waals surface area contributed by atoms with Crippen molar-refractivity contribution >= 4 is 27.3 Å². The van der Waals surface area contributed by atoms with Crippen molar-refractivity contribution < 1.29 is 8.81 Å². The highest BCUT2D eigenvalue weighted by Crippen LogP contribution is 2.33. The van der Waals surface area contributed by atoms with Gasteiger partial charge in [-0.2, -0.15) is 0 Å². The Morgan fingerprint density at radius 2 is 1.64 bits per heavy atom. The molecule has 0 N–H and O–H groups in total. The molecule has 0 unspecified atom stereocenters. The number of oxazole rings is 1. The molecule has 2 aromatic heterocycles. The molecule has 0 fully saturated rings. The van der Waals surface area contributed by atoms with Crippen LogP contribution in [0.5, 0.6) is 0 Å². The molecule has 3 nitrogen and oxygen atoms in total. The van der Waals surface area contributed by atoms with Gasteiger partial charge in [-0.05, 0) is 43.3 Å². The third kappa shape index (κ3) is 3.27. The average Bonchev–Trinajstić information content (AvgIpc) is 3.23. The molecule has 0 radical (unpaired) electrons. The zero-order chi connectivity index (χ0) is 17.4. The monoisotopic (exact) mass is 414 g/mol. The summed E-state index contributed by atoms with van der Waals surface area (Å²) in [6.45, 7) is 1.88. The van der Waals surface area contributed by atoms with Gasteiger partial charge < -0.3 is 4.42 Å². The Morgan fingerprint density at radius 1 is 0.960 bits per heavy atom. The highest BCUT2D eigenvalue weighted by molar-refractivity contribution is 9.10. The number of halogens is 2. The fourth-order valence-electron chi connectivity index (χ4n) is 2.45. The first-order chi connectivity index (χ1) is 12.1. The minimum absolute atomic E-state index is 0.286. The number of benzene rings is 2. The summed E-state index contributed by atoms with van der Waals surface area (Å²) < 4.78 is 20.0. The van der Waals surface area contributed by atoms with E-state index >= 15 is 0 Å². The number of hydrogen-bond donors (Lipinski definition) is 0. The molecule has 4 aromatic rings. The van der Waals surface area contributed by atoms with Crippen LogP contribution in [-0.4, -0.2) is 9.97 Å². The highest BCUT2D eigenvalue weighted by Gasteiger charge is 2.16. The topological polar surface area (TPSA) is 38.9 Å². The Bertz CT molecular complexity index is 1020. The second-order valence-corrected chi connectivity index (χ2v) is 7.26. The van der Waals surface area contributed by atoms with Crippen LogP contribution < -0.4 is 0 Å². The molecule has 0 aliphatic carbocycles. The first-order valence-electron chi connectivity index (χ1n) is 7.55. The van der Waals surface area contributed by atoms with Crippen molar-refractivity contribution in [3.05, 3.63) is 69.9 Å². The van der Waals surface area contributed by atoms with Crippen LogP contribution in [0.4, 0.5) is 4.39 Å². The van der Waals surface area contributed by atoms with Gasteiger partial charge in [0.1, 0.15) is 16.5 Å². The normalized spacial score (nSPS) is 11.0. The fraction of sp³-hybridized carbons (Fsp3) is 0.0526. The lowest BCUT2D eigenvalue weighted by molar-refractivity contribution is 0.585. The zero-order valence-electron chi connectivity index (χ0n) is 13.2. The molecule has 2 aromatic carbocycles. The summed E-state index contributed by atoms with van der Waals surface area (Å²) in [4.78, 5) is 9.12. The summed E-state index contributed by atoms with van der Waals surface area (Å²) in [7, 11) is 0. The van der Waals surface area contributed by atoms with Crippen LogP contribution in [0.3, 0.4) is 0 Å². The SMILES string of the molecule is Cc1nc(-c2ccc(F)cc2)oc1-c1csc(-c2ccc(Br)cc2)n1. The minimum atomic E-state index is -0.286. The Kier molecular flexibility index (Phi) is 4.23. The lowest BCUT2D eigenvalue weighted by atomic mass is 10.2. The largest absolute Gasteiger partial charge is 0.434 e. The van der Waals surface area contributed by atoms with Gasteiger partial charge in [-0.3, -0.25) is 0 Å². The van der Waals surface area contributed by atoms with Crippen molar-refractivity contribution in [3.63, 3.8) is 0 Å². The first-order valence-corrected chi connectivity index (χ1v) is 9.22.